The van der Waals surface area contributed by atoms with E-state index in [2.05, 4.69) is 17.4 Å². The summed E-state index contributed by atoms with van der Waals surface area (Å²) in [6, 6.07) is 5.90. The number of amides is 1. The van der Waals surface area contributed by atoms with E-state index in [1.54, 1.807) is 6.20 Å². The van der Waals surface area contributed by atoms with Gasteiger partial charge in [-0.1, -0.05) is 12.1 Å². The summed E-state index contributed by atoms with van der Waals surface area (Å²) in [6.45, 7) is 1.75. The third kappa shape index (κ3) is 2.04. The van der Waals surface area contributed by atoms with Crippen molar-refractivity contribution >= 4 is 12.0 Å². The van der Waals surface area contributed by atoms with E-state index in [1.807, 2.05) is 24.3 Å². The van der Waals surface area contributed by atoms with Gasteiger partial charge in [-0.15, -0.1) is 0 Å². The van der Waals surface area contributed by atoms with Gasteiger partial charge in [-0.2, -0.15) is 0 Å². The Morgan fingerprint density at radius 1 is 1.40 bits per heavy atom. The summed E-state index contributed by atoms with van der Waals surface area (Å²) >= 11 is 0. The Kier molecular flexibility index (Phi) is 3.14. The zero-order chi connectivity index (χ0) is 14.2. The topological polar surface area (TPSA) is 67.6 Å². The Bertz CT molecular complexity index is 560. The van der Waals surface area contributed by atoms with Crippen LogP contribution in [0.1, 0.15) is 24.0 Å². The van der Waals surface area contributed by atoms with Crippen LogP contribution >= 0.6 is 0 Å². The van der Waals surface area contributed by atoms with Crippen LogP contribution in [0, 0.1) is 0 Å². The third-order valence-electron chi connectivity index (χ3n) is 4.38. The maximum Gasteiger partial charge on any atom is 0.228 e. The van der Waals surface area contributed by atoms with E-state index in [0.29, 0.717) is 0 Å². The molecule has 0 saturated carbocycles. The Morgan fingerprint density at radius 3 is 2.85 bits per heavy atom. The van der Waals surface area contributed by atoms with Crippen molar-refractivity contribution in [2.75, 3.05) is 20.1 Å². The molecule has 2 aliphatic heterocycles. The molecule has 2 heterocycles. The van der Waals surface area contributed by atoms with Gasteiger partial charge in [0.2, 0.25) is 5.91 Å². The van der Waals surface area contributed by atoms with Crippen LogP contribution < -0.4 is 16.1 Å². The van der Waals surface area contributed by atoms with Crippen LogP contribution in [-0.2, 0) is 10.2 Å². The van der Waals surface area contributed by atoms with Gasteiger partial charge in [0.25, 0.3) is 0 Å². The molecule has 1 aromatic carbocycles. The van der Waals surface area contributed by atoms with Gasteiger partial charge in [0, 0.05) is 11.8 Å². The number of hydrogen-bond acceptors (Lipinski definition) is 4. The molecule has 5 heteroatoms. The number of carbonyl (C=O) groups excluding carboxylic acids is 1. The first kappa shape index (κ1) is 13.0. The minimum Gasteiger partial charge on any atom is -0.382 e. The Labute approximate surface area is 118 Å². The maximum absolute atomic E-state index is 12.1. The summed E-state index contributed by atoms with van der Waals surface area (Å²) in [5.41, 5.74) is 9.82. The lowest BCUT2D eigenvalue weighted by Crippen LogP contribution is -2.49. The molecule has 20 heavy (non-hydrogen) atoms. The van der Waals surface area contributed by atoms with Crippen LogP contribution in [0.25, 0.3) is 6.08 Å². The first-order valence-electron chi connectivity index (χ1n) is 6.84. The quantitative estimate of drug-likeness (QED) is 0.843. The van der Waals surface area contributed by atoms with Gasteiger partial charge in [0.05, 0.1) is 5.41 Å². The number of rotatable bonds is 2. The normalized spacial score (nSPS) is 20.6. The molecule has 0 atom stereocenters. The smallest absolute Gasteiger partial charge is 0.228 e. The minimum atomic E-state index is -0.577. The number of fused-ring (bicyclic) bond motifs is 1. The van der Waals surface area contributed by atoms with Crippen molar-refractivity contribution in [3.8, 4) is 5.75 Å². The van der Waals surface area contributed by atoms with Crippen LogP contribution in [0.5, 0.6) is 5.75 Å². The predicted molar refractivity (Wildman–Crippen MR) is 76.8 cm³/mol. The fourth-order valence-electron chi connectivity index (χ4n) is 2.96. The molecule has 1 amide bonds. The largest absolute Gasteiger partial charge is 0.382 e. The number of benzene rings is 1. The number of hydrogen-bond donors (Lipinski definition) is 2. The summed E-state index contributed by atoms with van der Waals surface area (Å²) in [5, 5.41) is 0. The summed E-state index contributed by atoms with van der Waals surface area (Å²) in [6.07, 6.45) is 5.18. The summed E-state index contributed by atoms with van der Waals surface area (Å²) in [4.78, 5) is 19.7. The van der Waals surface area contributed by atoms with Crippen molar-refractivity contribution in [2.45, 2.75) is 18.3 Å². The van der Waals surface area contributed by atoms with Gasteiger partial charge >= 0.3 is 0 Å². The van der Waals surface area contributed by atoms with Crippen molar-refractivity contribution in [1.29, 1.82) is 0 Å². The number of primary amides is 1. The number of nitrogens with two attached hydrogens (primary N) is 1. The molecular formula is C15H19N3O2. The third-order valence-corrected chi connectivity index (χ3v) is 4.38. The SMILES string of the molecule is CN1CCC(C(N)=O)(c2ccc3c(c2)ONC=C3)CC1. The van der Waals surface area contributed by atoms with Crippen molar-refractivity contribution in [3.05, 3.63) is 35.5 Å². The molecule has 0 radical (unpaired) electrons. The number of piperidine rings is 1. The van der Waals surface area contributed by atoms with Crippen LogP contribution in [0.2, 0.25) is 0 Å². The molecular weight excluding hydrogens is 254 g/mol. The molecule has 2 aliphatic rings. The lowest BCUT2D eigenvalue weighted by Gasteiger charge is -2.38. The van der Waals surface area contributed by atoms with Crippen molar-refractivity contribution in [1.82, 2.24) is 10.4 Å². The van der Waals surface area contributed by atoms with E-state index < -0.39 is 5.41 Å². The molecule has 1 fully saturated rings. The number of nitrogens with zero attached hydrogens (tertiary/aromatic N) is 1. The molecule has 3 N–H and O–H groups in total. The molecule has 0 bridgehead atoms. The molecule has 1 aromatic rings. The lowest BCUT2D eigenvalue weighted by molar-refractivity contribution is -0.125. The highest BCUT2D eigenvalue weighted by Crippen LogP contribution is 2.38. The van der Waals surface area contributed by atoms with E-state index in [9.17, 15) is 4.79 Å². The summed E-state index contributed by atoms with van der Waals surface area (Å²) in [5.74, 6) is 0.495. The highest BCUT2D eigenvalue weighted by atomic mass is 16.6. The van der Waals surface area contributed by atoms with Crippen LogP contribution in [-0.4, -0.2) is 30.9 Å². The number of likely N-dealkylation sites (tertiary alicyclic amines) is 1. The Morgan fingerprint density at radius 2 is 2.15 bits per heavy atom. The molecule has 0 unspecified atom stereocenters. The number of nitrogens with one attached hydrogen (secondary N) is 1. The molecule has 0 aliphatic carbocycles. The first-order valence-corrected chi connectivity index (χ1v) is 6.84. The van der Waals surface area contributed by atoms with E-state index in [4.69, 9.17) is 10.6 Å². The van der Waals surface area contributed by atoms with Crippen molar-refractivity contribution in [3.63, 3.8) is 0 Å². The maximum atomic E-state index is 12.1. The van der Waals surface area contributed by atoms with Crippen molar-refractivity contribution in [2.24, 2.45) is 5.73 Å². The molecule has 106 valence electrons. The molecule has 5 nitrogen and oxygen atoms in total. The van der Waals surface area contributed by atoms with Gasteiger partial charge in [0.1, 0.15) is 0 Å². The second kappa shape index (κ2) is 4.83. The zero-order valence-corrected chi connectivity index (χ0v) is 11.6. The average Bonchev–Trinajstić information content (AvgIpc) is 2.47. The van der Waals surface area contributed by atoms with Crippen LogP contribution in [0.3, 0.4) is 0 Å². The Hall–Kier alpha value is -2.01. The minimum absolute atomic E-state index is 0.245. The highest BCUT2D eigenvalue weighted by Gasteiger charge is 2.41. The highest BCUT2D eigenvalue weighted by molar-refractivity contribution is 5.87. The van der Waals surface area contributed by atoms with Gasteiger partial charge in [-0.25, -0.2) is 5.48 Å². The molecule has 0 aromatic heterocycles. The average molecular weight is 273 g/mol. The fraction of sp³-hybridized carbons (Fsp3) is 0.400. The second-order valence-corrected chi connectivity index (χ2v) is 5.56. The van der Waals surface area contributed by atoms with E-state index >= 15 is 0 Å². The molecule has 0 spiro atoms. The fourth-order valence-corrected chi connectivity index (χ4v) is 2.96. The molecule has 1 saturated heterocycles. The van der Waals surface area contributed by atoms with Gasteiger partial charge in [-0.05, 0) is 50.7 Å². The van der Waals surface area contributed by atoms with Crippen LogP contribution in [0.4, 0.5) is 0 Å². The van der Waals surface area contributed by atoms with Crippen LogP contribution in [0.15, 0.2) is 24.4 Å². The van der Waals surface area contributed by atoms with Crippen molar-refractivity contribution < 1.29 is 9.63 Å². The second-order valence-electron chi connectivity index (χ2n) is 5.56. The van der Waals surface area contributed by atoms with E-state index in [0.717, 1.165) is 42.8 Å². The summed E-state index contributed by atoms with van der Waals surface area (Å²) in [7, 11) is 2.07. The van der Waals surface area contributed by atoms with E-state index in [1.165, 1.54) is 0 Å². The number of carbonyl (C=O) groups is 1. The monoisotopic (exact) mass is 273 g/mol. The zero-order valence-electron chi connectivity index (χ0n) is 11.6. The lowest BCUT2D eigenvalue weighted by atomic mass is 9.72. The van der Waals surface area contributed by atoms with Gasteiger partial charge < -0.3 is 15.5 Å². The van der Waals surface area contributed by atoms with E-state index in [-0.39, 0.29) is 5.91 Å². The van der Waals surface area contributed by atoms with Gasteiger partial charge in [0.15, 0.2) is 5.75 Å². The summed E-state index contributed by atoms with van der Waals surface area (Å²) < 4.78 is 0. The molecule has 3 rings (SSSR count). The number of hydroxylamine groups is 1. The predicted octanol–water partition coefficient (Wildman–Crippen LogP) is 1.00. The first-order chi connectivity index (χ1) is 9.62. The Balaban J connectivity index is 2.00. The van der Waals surface area contributed by atoms with Gasteiger partial charge in [-0.3, -0.25) is 4.79 Å². The standard InChI is InChI=1S/C15H19N3O2/c1-18-8-5-15(6-9-18,14(16)19)12-3-2-11-4-7-17-20-13(11)10-12/h2-4,7,10,17H,5-6,8-9H2,1H3,(H2,16,19).